The molecule has 1 N–H and O–H groups in total. The molecule has 1 aliphatic rings. The average Bonchev–Trinajstić information content (AvgIpc) is 2.92. The summed E-state index contributed by atoms with van der Waals surface area (Å²) in [5.41, 5.74) is 2.82. The maximum atomic E-state index is 13.7. The summed E-state index contributed by atoms with van der Waals surface area (Å²) in [6, 6.07) is 9.12. The summed E-state index contributed by atoms with van der Waals surface area (Å²) in [5.74, 6) is 1.23. The van der Waals surface area contributed by atoms with E-state index in [1.807, 2.05) is 32.0 Å². The lowest BCUT2D eigenvalue weighted by atomic mass is 10.1. The third-order valence-electron chi connectivity index (χ3n) is 3.54. The molecule has 110 valence electrons. The molecule has 5 heteroatoms. The van der Waals surface area contributed by atoms with Gasteiger partial charge in [-0.2, -0.15) is 0 Å². The minimum atomic E-state index is -0.277. The van der Waals surface area contributed by atoms with Crippen molar-refractivity contribution < 1.29 is 13.9 Å². The highest BCUT2D eigenvalue weighted by atomic mass is 79.9. The number of anilines is 1. The summed E-state index contributed by atoms with van der Waals surface area (Å²) in [7, 11) is 0. The van der Waals surface area contributed by atoms with Crippen molar-refractivity contribution in [3.8, 4) is 11.5 Å². The summed E-state index contributed by atoms with van der Waals surface area (Å²) in [5, 5.41) is 3.33. The van der Waals surface area contributed by atoms with Crippen molar-refractivity contribution in [2.45, 2.75) is 19.9 Å². The molecule has 21 heavy (non-hydrogen) atoms. The maximum absolute atomic E-state index is 13.7. The van der Waals surface area contributed by atoms with Crippen molar-refractivity contribution in [3.05, 3.63) is 51.7 Å². The molecule has 1 unspecified atom stereocenters. The molecule has 1 heterocycles. The molecule has 1 aliphatic heterocycles. The Labute approximate surface area is 131 Å². The van der Waals surface area contributed by atoms with E-state index < -0.39 is 0 Å². The SMILES string of the molecule is Cc1cc(Br)c(F)cc1NC(C)c1ccc2c(c1)OCO2. The second kappa shape index (κ2) is 5.56. The molecule has 3 nitrogen and oxygen atoms in total. The molecule has 0 aromatic heterocycles. The average molecular weight is 352 g/mol. The van der Waals surface area contributed by atoms with Crippen LogP contribution in [-0.2, 0) is 0 Å². The minimum absolute atomic E-state index is 0.0266. The van der Waals surface area contributed by atoms with Crippen LogP contribution in [0.3, 0.4) is 0 Å². The maximum Gasteiger partial charge on any atom is 0.231 e. The van der Waals surface area contributed by atoms with E-state index in [9.17, 15) is 4.39 Å². The summed E-state index contributed by atoms with van der Waals surface area (Å²) in [6.07, 6.45) is 0. The Hall–Kier alpha value is -1.75. The van der Waals surface area contributed by atoms with E-state index in [4.69, 9.17) is 9.47 Å². The Morgan fingerprint density at radius 1 is 1.19 bits per heavy atom. The highest BCUT2D eigenvalue weighted by Crippen LogP contribution is 2.35. The van der Waals surface area contributed by atoms with Gasteiger partial charge in [-0.15, -0.1) is 0 Å². The quantitative estimate of drug-likeness (QED) is 0.861. The molecule has 2 aromatic carbocycles. The van der Waals surface area contributed by atoms with Gasteiger partial charge in [0.15, 0.2) is 11.5 Å². The van der Waals surface area contributed by atoms with Gasteiger partial charge in [-0.05, 0) is 65.2 Å². The van der Waals surface area contributed by atoms with Crippen LogP contribution in [-0.4, -0.2) is 6.79 Å². The molecule has 0 saturated heterocycles. The first-order chi connectivity index (χ1) is 10.0. The molecule has 2 aromatic rings. The van der Waals surface area contributed by atoms with Crippen LogP contribution in [0.25, 0.3) is 0 Å². The molecule has 0 bridgehead atoms. The van der Waals surface area contributed by atoms with Crippen LogP contribution in [0.5, 0.6) is 11.5 Å². The van der Waals surface area contributed by atoms with Crippen LogP contribution >= 0.6 is 15.9 Å². The number of rotatable bonds is 3. The molecule has 0 radical (unpaired) electrons. The second-order valence-electron chi connectivity index (χ2n) is 5.06. The highest BCUT2D eigenvalue weighted by Gasteiger charge is 2.16. The van der Waals surface area contributed by atoms with E-state index in [1.54, 1.807) is 6.07 Å². The predicted molar refractivity (Wildman–Crippen MR) is 83.4 cm³/mol. The number of halogens is 2. The summed E-state index contributed by atoms with van der Waals surface area (Å²) in [6.45, 7) is 4.23. The van der Waals surface area contributed by atoms with Crippen molar-refractivity contribution in [1.29, 1.82) is 0 Å². The number of aryl methyl sites for hydroxylation is 1. The van der Waals surface area contributed by atoms with Crippen LogP contribution in [0.2, 0.25) is 0 Å². The van der Waals surface area contributed by atoms with Crippen molar-refractivity contribution >= 4 is 21.6 Å². The van der Waals surface area contributed by atoms with Gasteiger partial charge in [-0.3, -0.25) is 0 Å². The zero-order chi connectivity index (χ0) is 15.0. The van der Waals surface area contributed by atoms with Crippen LogP contribution in [0.4, 0.5) is 10.1 Å². The van der Waals surface area contributed by atoms with Crippen molar-refractivity contribution in [1.82, 2.24) is 0 Å². The van der Waals surface area contributed by atoms with E-state index in [2.05, 4.69) is 21.2 Å². The lowest BCUT2D eigenvalue weighted by Gasteiger charge is -2.18. The first-order valence-electron chi connectivity index (χ1n) is 6.66. The lowest BCUT2D eigenvalue weighted by molar-refractivity contribution is 0.174. The highest BCUT2D eigenvalue weighted by molar-refractivity contribution is 9.10. The largest absolute Gasteiger partial charge is 0.454 e. The molecule has 0 amide bonds. The molecule has 0 saturated carbocycles. The number of benzene rings is 2. The fourth-order valence-electron chi connectivity index (χ4n) is 2.30. The lowest BCUT2D eigenvalue weighted by Crippen LogP contribution is -2.08. The summed E-state index contributed by atoms with van der Waals surface area (Å²) >= 11 is 3.19. The van der Waals surface area contributed by atoms with E-state index in [0.717, 1.165) is 28.3 Å². The Kier molecular flexibility index (Phi) is 3.76. The standard InChI is InChI=1S/C16H15BrFNO2/c1-9-5-12(17)13(18)7-14(9)19-10(2)11-3-4-15-16(6-11)21-8-20-15/h3-7,10,19H,8H2,1-2H3. The van der Waals surface area contributed by atoms with Crippen LogP contribution < -0.4 is 14.8 Å². The van der Waals surface area contributed by atoms with E-state index >= 15 is 0 Å². The van der Waals surface area contributed by atoms with E-state index in [-0.39, 0.29) is 18.7 Å². The number of hydrogen-bond acceptors (Lipinski definition) is 3. The number of nitrogens with one attached hydrogen (secondary N) is 1. The summed E-state index contributed by atoms with van der Waals surface area (Å²) < 4.78 is 24.8. The number of fused-ring (bicyclic) bond motifs is 1. The van der Waals surface area contributed by atoms with Crippen molar-refractivity contribution in [3.63, 3.8) is 0 Å². The van der Waals surface area contributed by atoms with Crippen molar-refractivity contribution in [2.24, 2.45) is 0 Å². The van der Waals surface area contributed by atoms with E-state index in [0.29, 0.717) is 4.47 Å². The number of hydrogen-bond donors (Lipinski definition) is 1. The van der Waals surface area contributed by atoms with Crippen LogP contribution in [0.1, 0.15) is 24.1 Å². The molecule has 0 fully saturated rings. The van der Waals surface area contributed by atoms with E-state index in [1.165, 1.54) is 6.07 Å². The Bertz CT molecular complexity index is 690. The van der Waals surface area contributed by atoms with Gasteiger partial charge in [0.05, 0.1) is 4.47 Å². The normalized spacial score (nSPS) is 14.1. The van der Waals surface area contributed by atoms with Gasteiger partial charge < -0.3 is 14.8 Å². The first kappa shape index (κ1) is 14.2. The molecular formula is C16H15BrFNO2. The summed E-state index contributed by atoms with van der Waals surface area (Å²) in [4.78, 5) is 0. The first-order valence-corrected chi connectivity index (χ1v) is 7.45. The van der Waals surface area contributed by atoms with Crippen LogP contribution in [0, 0.1) is 12.7 Å². The van der Waals surface area contributed by atoms with Gasteiger partial charge in [0.1, 0.15) is 5.82 Å². The predicted octanol–water partition coefficient (Wildman–Crippen LogP) is 4.80. The molecule has 1 atom stereocenters. The third-order valence-corrected chi connectivity index (χ3v) is 4.14. The minimum Gasteiger partial charge on any atom is -0.454 e. The van der Waals surface area contributed by atoms with Gasteiger partial charge in [0, 0.05) is 11.7 Å². The Morgan fingerprint density at radius 2 is 1.95 bits per heavy atom. The zero-order valence-corrected chi connectivity index (χ0v) is 13.3. The molecule has 0 spiro atoms. The molecule has 0 aliphatic carbocycles. The van der Waals surface area contributed by atoms with Crippen molar-refractivity contribution in [2.75, 3.05) is 12.1 Å². The fourth-order valence-corrected chi connectivity index (χ4v) is 2.76. The fraction of sp³-hybridized carbons (Fsp3) is 0.250. The third kappa shape index (κ3) is 2.83. The number of ether oxygens (including phenoxy) is 2. The Morgan fingerprint density at radius 3 is 2.76 bits per heavy atom. The van der Waals surface area contributed by atoms with Gasteiger partial charge in [-0.25, -0.2) is 4.39 Å². The monoisotopic (exact) mass is 351 g/mol. The topological polar surface area (TPSA) is 30.5 Å². The van der Waals surface area contributed by atoms with Gasteiger partial charge in [-0.1, -0.05) is 6.07 Å². The Balaban J connectivity index is 1.83. The van der Waals surface area contributed by atoms with Gasteiger partial charge in [0.2, 0.25) is 6.79 Å². The zero-order valence-electron chi connectivity index (χ0n) is 11.7. The smallest absolute Gasteiger partial charge is 0.231 e. The van der Waals surface area contributed by atoms with Crippen LogP contribution in [0.15, 0.2) is 34.8 Å². The van der Waals surface area contributed by atoms with Gasteiger partial charge >= 0.3 is 0 Å². The molecule has 3 rings (SSSR count). The molecular weight excluding hydrogens is 337 g/mol. The van der Waals surface area contributed by atoms with Gasteiger partial charge in [0.25, 0.3) is 0 Å². The second-order valence-corrected chi connectivity index (χ2v) is 5.91.